The Morgan fingerprint density at radius 3 is 2.96 bits per heavy atom. The highest BCUT2D eigenvalue weighted by Crippen LogP contribution is 2.24. The summed E-state index contributed by atoms with van der Waals surface area (Å²) in [5, 5.41) is 6.61. The van der Waals surface area contributed by atoms with E-state index in [0.29, 0.717) is 17.0 Å². The molecule has 0 atom stereocenters. The summed E-state index contributed by atoms with van der Waals surface area (Å²) in [5.41, 5.74) is 3.96. The largest absolute Gasteiger partial charge is 0.451 e. The topological polar surface area (TPSA) is 81.2 Å². The molecule has 7 heteroatoms. The Kier molecular flexibility index (Phi) is 4.66. The van der Waals surface area contributed by atoms with E-state index in [1.165, 1.54) is 11.1 Å². The normalized spacial score (nSPS) is 12.7. The third-order valence-corrected chi connectivity index (χ3v) is 4.54. The summed E-state index contributed by atoms with van der Waals surface area (Å²) in [4.78, 5) is 24.2. The molecule has 1 aliphatic carbocycles. The van der Waals surface area contributed by atoms with Crippen LogP contribution in [0.3, 0.4) is 0 Å². The summed E-state index contributed by atoms with van der Waals surface area (Å²) < 4.78 is 8.77. The first-order valence-electron chi connectivity index (χ1n) is 7.57. The first-order valence-corrected chi connectivity index (χ1v) is 8.34. The van der Waals surface area contributed by atoms with Crippen molar-refractivity contribution in [2.45, 2.75) is 32.6 Å². The molecular formula is C16H17N3O3S. The molecule has 2 aromatic rings. The van der Waals surface area contributed by atoms with Gasteiger partial charge in [0.1, 0.15) is 0 Å². The molecule has 0 spiro atoms. The monoisotopic (exact) mass is 331 g/mol. The number of amides is 1. The lowest BCUT2D eigenvalue weighted by molar-refractivity contribution is -0.119. The molecule has 3 rings (SSSR count). The Bertz CT molecular complexity index is 742. The van der Waals surface area contributed by atoms with Crippen LogP contribution in [-0.4, -0.2) is 28.1 Å². The van der Waals surface area contributed by atoms with Crippen LogP contribution in [-0.2, 0) is 28.8 Å². The molecule has 1 amide bonds. The van der Waals surface area contributed by atoms with Gasteiger partial charge in [0.2, 0.25) is 0 Å². The average molecular weight is 331 g/mol. The molecule has 1 aliphatic rings. The summed E-state index contributed by atoms with van der Waals surface area (Å²) in [7, 11) is 0. The molecule has 0 radical (unpaired) electrons. The van der Waals surface area contributed by atoms with E-state index in [1.54, 1.807) is 0 Å². The van der Waals surface area contributed by atoms with Gasteiger partial charge in [-0.3, -0.25) is 4.79 Å². The molecule has 0 bridgehead atoms. The highest BCUT2D eigenvalue weighted by Gasteiger charge is 2.18. The Morgan fingerprint density at radius 1 is 1.30 bits per heavy atom. The number of carbonyl (C=O) groups excluding carboxylic acids is 2. The number of benzene rings is 1. The predicted octanol–water partition coefficient (Wildman–Crippen LogP) is 2.38. The van der Waals surface area contributed by atoms with Crippen molar-refractivity contribution in [3.63, 3.8) is 0 Å². The van der Waals surface area contributed by atoms with Crippen molar-refractivity contribution in [2.24, 2.45) is 0 Å². The second kappa shape index (κ2) is 6.87. The highest BCUT2D eigenvalue weighted by atomic mass is 32.1. The number of carbonyl (C=O) groups is 2. The number of hydrogen-bond acceptors (Lipinski definition) is 6. The number of rotatable bonds is 5. The Labute approximate surface area is 138 Å². The summed E-state index contributed by atoms with van der Waals surface area (Å²) in [5.74, 6) is -0.909. The molecule has 0 fully saturated rings. The fraction of sp³-hybridized carbons (Fsp3) is 0.375. The van der Waals surface area contributed by atoms with Gasteiger partial charge in [-0.15, -0.1) is 5.10 Å². The van der Waals surface area contributed by atoms with Gasteiger partial charge in [0.25, 0.3) is 5.91 Å². The maximum Gasteiger partial charge on any atom is 0.352 e. The first-order chi connectivity index (χ1) is 11.2. The van der Waals surface area contributed by atoms with Gasteiger partial charge in [-0.1, -0.05) is 17.5 Å². The van der Waals surface area contributed by atoms with Crippen molar-refractivity contribution in [3.8, 4) is 0 Å². The van der Waals surface area contributed by atoms with Crippen LogP contribution in [0.25, 0.3) is 0 Å². The molecular weight excluding hydrogens is 314 g/mol. The van der Waals surface area contributed by atoms with Crippen LogP contribution in [0.2, 0.25) is 0 Å². The van der Waals surface area contributed by atoms with Crippen LogP contribution >= 0.6 is 11.5 Å². The van der Waals surface area contributed by atoms with Crippen molar-refractivity contribution in [1.82, 2.24) is 9.59 Å². The zero-order chi connectivity index (χ0) is 16.2. The number of hydrogen-bond donors (Lipinski definition) is 1. The molecule has 0 aliphatic heterocycles. The van der Waals surface area contributed by atoms with Gasteiger partial charge in [-0.25, -0.2) is 4.79 Å². The number of aromatic nitrogens is 2. The summed E-state index contributed by atoms with van der Waals surface area (Å²) in [6.07, 6.45) is 3.91. The maximum atomic E-state index is 11.9. The van der Waals surface area contributed by atoms with E-state index < -0.39 is 5.97 Å². The fourth-order valence-corrected chi connectivity index (χ4v) is 3.28. The van der Waals surface area contributed by atoms with E-state index in [4.69, 9.17) is 4.74 Å². The van der Waals surface area contributed by atoms with Gasteiger partial charge in [0.05, 0.1) is 5.69 Å². The number of anilines is 1. The number of nitrogens with zero attached hydrogens (tertiary/aromatic N) is 2. The molecule has 1 N–H and O–H groups in total. The number of ether oxygens (including phenoxy) is 1. The molecule has 120 valence electrons. The SMILES string of the molecule is CCc1nnsc1C(=O)OCC(=O)Nc1ccc2c(c1)CCC2. The third-order valence-electron chi connectivity index (χ3n) is 3.79. The second-order valence-corrected chi connectivity index (χ2v) is 6.12. The minimum atomic E-state index is -0.555. The zero-order valence-electron chi connectivity index (χ0n) is 12.8. The van der Waals surface area contributed by atoms with Crippen molar-refractivity contribution in [2.75, 3.05) is 11.9 Å². The number of fused-ring (bicyclic) bond motifs is 1. The molecule has 1 aromatic carbocycles. The van der Waals surface area contributed by atoms with Crippen LogP contribution in [0.5, 0.6) is 0 Å². The Hall–Kier alpha value is -2.28. The van der Waals surface area contributed by atoms with Crippen molar-refractivity contribution < 1.29 is 14.3 Å². The minimum absolute atomic E-state index is 0.322. The smallest absolute Gasteiger partial charge is 0.352 e. The standard InChI is InChI=1S/C16H17N3O3S/c1-2-13-15(23-19-18-13)16(21)22-9-14(20)17-12-7-6-10-4-3-5-11(10)8-12/h6-8H,2-5,9H2,1H3,(H,17,20). The van der Waals surface area contributed by atoms with Crippen LogP contribution in [0.1, 0.15) is 39.8 Å². The minimum Gasteiger partial charge on any atom is -0.451 e. The van der Waals surface area contributed by atoms with Crippen molar-refractivity contribution in [1.29, 1.82) is 0 Å². The van der Waals surface area contributed by atoms with Crippen LogP contribution < -0.4 is 5.32 Å². The van der Waals surface area contributed by atoms with Crippen LogP contribution in [0.4, 0.5) is 5.69 Å². The zero-order valence-corrected chi connectivity index (χ0v) is 13.6. The van der Waals surface area contributed by atoms with Crippen LogP contribution in [0, 0.1) is 0 Å². The van der Waals surface area contributed by atoms with Gasteiger partial charge in [0, 0.05) is 5.69 Å². The molecule has 23 heavy (non-hydrogen) atoms. The third kappa shape index (κ3) is 3.56. The number of esters is 1. The summed E-state index contributed by atoms with van der Waals surface area (Å²) in [6, 6.07) is 5.91. The van der Waals surface area contributed by atoms with Gasteiger partial charge in [-0.2, -0.15) is 0 Å². The number of nitrogens with one attached hydrogen (secondary N) is 1. The molecule has 1 heterocycles. The van der Waals surface area contributed by atoms with E-state index in [-0.39, 0.29) is 12.5 Å². The first kappa shape index (κ1) is 15.6. The number of aryl methyl sites for hydroxylation is 3. The van der Waals surface area contributed by atoms with E-state index in [0.717, 1.165) is 36.5 Å². The average Bonchev–Trinajstić information content (AvgIpc) is 3.20. The summed E-state index contributed by atoms with van der Waals surface area (Å²) >= 11 is 0.984. The van der Waals surface area contributed by atoms with Crippen molar-refractivity contribution >= 4 is 29.1 Å². The van der Waals surface area contributed by atoms with Crippen LogP contribution in [0.15, 0.2) is 18.2 Å². The lowest BCUT2D eigenvalue weighted by atomic mass is 10.1. The Morgan fingerprint density at radius 2 is 2.13 bits per heavy atom. The molecule has 1 aromatic heterocycles. The van der Waals surface area contributed by atoms with E-state index >= 15 is 0 Å². The predicted molar refractivity (Wildman–Crippen MR) is 86.7 cm³/mol. The van der Waals surface area contributed by atoms with Gasteiger partial charge < -0.3 is 10.1 Å². The van der Waals surface area contributed by atoms with Gasteiger partial charge >= 0.3 is 5.97 Å². The van der Waals surface area contributed by atoms with E-state index in [2.05, 4.69) is 14.9 Å². The van der Waals surface area contributed by atoms with Gasteiger partial charge in [-0.05, 0) is 60.5 Å². The summed E-state index contributed by atoms with van der Waals surface area (Å²) in [6.45, 7) is 1.56. The molecule has 6 nitrogen and oxygen atoms in total. The second-order valence-electron chi connectivity index (χ2n) is 5.36. The Balaban J connectivity index is 1.54. The van der Waals surface area contributed by atoms with Gasteiger partial charge in [0.15, 0.2) is 11.5 Å². The maximum absolute atomic E-state index is 11.9. The molecule has 0 unspecified atom stereocenters. The molecule has 0 saturated heterocycles. The lowest BCUT2D eigenvalue weighted by Crippen LogP contribution is -2.21. The lowest BCUT2D eigenvalue weighted by Gasteiger charge is -2.08. The quantitative estimate of drug-likeness (QED) is 0.851. The molecule has 0 saturated carbocycles. The fourth-order valence-electron chi connectivity index (χ4n) is 2.64. The van der Waals surface area contributed by atoms with E-state index in [1.807, 2.05) is 25.1 Å². The highest BCUT2D eigenvalue weighted by molar-refractivity contribution is 7.07. The van der Waals surface area contributed by atoms with E-state index in [9.17, 15) is 9.59 Å². The van der Waals surface area contributed by atoms with Crippen molar-refractivity contribution in [3.05, 3.63) is 39.9 Å².